The largest absolute Gasteiger partial charge is 0.351 e. The number of aromatic nitrogens is 3. The van der Waals surface area contributed by atoms with Crippen molar-refractivity contribution in [3.63, 3.8) is 0 Å². The summed E-state index contributed by atoms with van der Waals surface area (Å²) in [4.78, 5) is 30.4. The molecule has 0 saturated carbocycles. The van der Waals surface area contributed by atoms with Crippen molar-refractivity contribution < 1.29 is 4.79 Å². The van der Waals surface area contributed by atoms with Gasteiger partial charge in [0.05, 0.1) is 17.2 Å². The number of nitrogens with zero attached hydrogens (tertiary/aromatic N) is 5. The first-order valence-corrected chi connectivity index (χ1v) is 11.8. The number of amides is 1. The zero-order valence-electron chi connectivity index (χ0n) is 18.8. The van der Waals surface area contributed by atoms with Crippen LogP contribution in [0.2, 0.25) is 0 Å². The molecule has 3 aromatic rings. The van der Waals surface area contributed by atoms with Gasteiger partial charge in [-0.3, -0.25) is 9.59 Å². The predicted octanol–water partition coefficient (Wildman–Crippen LogP) is 1.87. The number of likely N-dealkylation sites (tertiary alicyclic amines) is 2. The van der Waals surface area contributed by atoms with E-state index < -0.39 is 0 Å². The minimum Gasteiger partial charge on any atom is -0.351 e. The van der Waals surface area contributed by atoms with Crippen LogP contribution in [0.15, 0.2) is 35.3 Å². The monoisotopic (exact) mass is 436 g/mol. The van der Waals surface area contributed by atoms with Gasteiger partial charge in [0.2, 0.25) is 0 Å². The van der Waals surface area contributed by atoms with Crippen molar-refractivity contribution in [2.75, 3.05) is 39.3 Å². The van der Waals surface area contributed by atoms with Gasteiger partial charge in [0.15, 0.2) is 0 Å². The summed E-state index contributed by atoms with van der Waals surface area (Å²) in [7, 11) is 1.73. The van der Waals surface area contributed by atoms with Crippen molar-refractivity contribution >= 4 is 22.5 Å². The first-order chi connectivity index (χ1) is 15.6. The maximum Gasteiger partial charge on any atom is 0.276 e. The van der Waals surface area contributed by atoms with Gasteiger partial charge in [0.1, 0.15) is 5.52 Å². The van der Waals surface area contributed by atoms with Gasteiger partial charge in [-0.1, -0.05) is 6.42 Å². The molecule has 2 fully saturated rings. The van der Waals surface area contributed by atoms with Crippen LogP contribution in [0.25, 0.3) is 16.6 Å². The minimum atomic E-state index is -0.125. The van der Waals surface area contributed by atoms with Crippen molar-refractivity contribution in [1.82, 2.24) is 29.3 Å². The average Bonchev–Trinajstić information content (AvgIpc) is 3.33. The van der Waals surface area contributed by atoms with Crippen molar-refractivity contribution in [3.05, 3.63) is 46.4 Å². The molecule has 32 heavy (non-hydrogen) atoms. The second-order valence-corrected chi connectivity index (χ2v) is 9.12. The van der Waals surface area contributed by atoms with Gasteiger partial charge in [-0.2, -0.15) is 5.10 Å². The average molecular weight is 437 g/mol. The molecule has 0 aliphatic carbocycles. The lowest BCUT2D eigenvalue weighted by atomic mass is 10.00. The fraction of sp³-hybridized carbons (Fsp3) is 0.542. The van der Waals surface area contributed by atoms with E-state index >= 15 is 0 Å². The Morgan fingerprint density at radius 2 is 1.81 bits per heavy atom. The Kier molecular flexibility index (Phi) is 5.97. The molecule has 170 valence electrons. The fourth-order valence-corrected chi connectivity index (χ4v) is 5.27. The topological polar surface area (TPSA) is 74.9 Å². The quantitative estimate of drug-likeness (QED) is 0.661. The molecule has 2 aliphatic rings. The summed E-state index contributed by atoms with van der Waals surface area (Å²) in [6.45, 7) is 6.25. The maximum absolute atomic E-state index is 12.8. The molecule has 0 radical (unpaired) electrons. The molecule has 8 nitrogen and oxygen atoms in total. The number of benzene rings is 1. The van der Waals surface area contributed by atoms with Gasteiger partial charge in [-0.15, -0.1) is 0 Å². The summed E-state index contributed by atoms with van der Waals surface area (Å²) in [5, 5.41) is 7.30. The number of aryl methyl sites for hydroxylation is 1. The molecule has 0 spiro atoms. The Labute approximate surface area is 187 Å². The third-order valence-corrected chi connectivity index (χ3v) is 7.17. The molecule has 2 saturated heterocycles. The van der Waals surface area contributed by atoms with Gasteiger partial charge in [0, 0.05) is 31.7 Å². The SMILES string of the molecule is Cn1c(=O)c2ccnn2c2ccc(C(=O)NCCN3CCC(N4CCCCC4)CC3)cc21. The molecule has 5 rings (SSSR count). The van der Waals surface area contributed by atoms with Crippen LogP contribution >= 0.6 is 0 Å². The van der Waals surface area contributed by atoms with Gasteiger partial charge in [-0.25, -0.2) is 4.52 Å². The van der Waals surface area contributed by atoms with E-state index in [1.54, 1.807) is 40.5 Å². The van der Waals surface area contributed by atoms with Gasteiger partial charge >= 0.3 is 0 Å². The standard InChI is InChI=1S/C24H32N6O2/c1-27-22-17-18(5-6-20(22)30-21(24(27)32)7-10-26-30)23(31)25-11-16-28-14-8-19(9-15-28)29-12-3-2-4-13-29/h5-7,10,17,19H,2-4,8-9,11-16H2,1H3,(H,25,31). The number of piperidine rings is 2. The smallest absolute Gasteiger partial charge is 0.276 e. The lowest BCUT2D eigenvalue weighted by molar-refractivity contribution is 0.0881. The molecule has 2 aliphatic heterocycles. The zero-order chi connectivity index (χ0) is 22.1. The van der Waals surface area contributed by atoms with E-state index in [-0.39, 0.29) is 11.5 Å². The number of hydrogen-bond donors (Lipinski definition) is 1. The lowest BCUT2D eigenvalue weighted by Crippen LogP contribution is -2.48. The lowest BCUT2D eigenvalue weighted by Gasteiger charge is -2.40. The normalized spacial score (nSPS) is 19.0. The van der Waals surface area contributed by atoms with Crippen LogP contribution in [0, 0.1) is 0 Å². The van der Waals surface area contributed by atoms with E-state index in [0.29, 0.717) is 23.1 Å². The minimum absolute atomic E-state index is 0.108. The van der Waals surface area contributed by atoms with Crippen molar-refractivity contribution in [3.8, 4) is 0 Å². The van der Waals surface area contributed by atoms with Gasteiger partial charge in [0.25, 0.3) is 11.5 Å². The maximum atomic E-state index is 12.8. The van der Waals surface area contributed by atoms with E-state index in [1.165, 1.54) is 45.2 Å². The molecule has 4 heterocycles. The molecular weight excluding hydrogens is 404 g/mol. The molecule has 0 bridgehead atoms. The summed E-state index contributed by atoms with van der Waals surface area (Å²) >= 11 is 0. The van der Waals surface area contributed by atoms with Crippen LogP contribution in [0.3, 0.4) is 0 Å². The van der Waals surface area contributed by atoms with Gasteiger partial charge in [-0.05, 0) is 76.1 Å². The fourth-order valence-electron chi connectivity index (χ4n) is 5.27. The summed E-state index contributed by atoms with van der Waals surface area (Å²) in [6, 6.07) is 7.88. The molecule has 2 aromatic heterocycles. The Morgan fingerprint density at radius 1 is 1.03 bits per heavy atom. The van der Waals surface area contributed by atoms with Crippen molar-refractivity contribution in [2.45, 2.75) is 38.1 Å². The predicted molar refractivity (Wildman–Crippen MR) is 125 cm³/mol. The number of fused-ring (bicyclic) bond motifs is 3. The molecule has 1 amide bonds. The molecule has 0 atom stereocenters. The van der Waals surface area contributed by atoms with Crippen molar-refractivity contribution in [2.24, 2.45) is 7.05 Å². The third kappa shape index (κ3) is 4.04. The third-order valence-electron chi connectivity index (χ3n) is 7.17. The van der Waals surface area contributed by atoms with E-state index in [2.05, 4.69) is 20.2 Å². The highest BCUT2D eigenvalue weighted by atomic mass is 16.1. The molecule has 8 heteroatoms. The zero-order valence-corrected chi connectivity index (χ0v) is 18.8. The van der Waals surface area contributed by atoms with Crippen LogP contribution < -0.4 is 10.9 Å². The van der Waals surface area contributed by atoms with E-state index in [9.17, 15) is 9.59 Å². The number of nitrogens with one attached hydrogen (secondary N) is 1. The van der Waals surface area contributed by atoms with Crippen LogP contribution in [-0.2, 0) is 7.05 Å². The van der Waals surface area contributed by atoms with Crippen LogP contribution in [0.4, 0.5) is 0 Å². The number of rotatable bonds is 5. The van der Waals surface area contributed by atoms with Crippen molar-refractivity contribution in [1.29, 1.82) is 0 Å². The van der Waals surface area contributed by atoms with Crippen LogP contribution in [0.1, 0.15) is 42.5 Å². The van der Waals surface area contributed by atoms with E-state index in [1.807, 2.05) is 6.07 Å². The highest BCUT2D eigenvalue weighted by molar-refractivity contribution is 5.97. The highest BCUT2D eigenvalue weighted by Gasteiger charge is 2.25. The Balaban J connectivity index is 1.17. The molecule has 1 N–H and O–H groups in total. The summed E-state index contributed by atoms with van der Waals surface area (Å²) < 4.78 is 3.21. The molecule has 0 unspecified atom stereocenters. The van der Waals surface area contributed by atoms with Gasteiger partial charge < -0.3 is 19.7 Å². The van der Waals surface area contributed by atoms with Crippen LogP contribution in [-0.4, -0.2) is 75.2 Å². The molecule has 1 aromatic carbocycles. The first-order valence-electron chi connectivity index (χ1n) is 11.8. The van der Waals surface area contributed by atoms with Crippen LogP contribution in [0.5, 0.6) is 0 Å². The Bertz CT molecular complexity index is 1170. The molecular formula is C24H32N6O2. The first kappa shape index (κ1) is 21.2. The summed E-state index contributed by atoms with van der Waals surface area (Å²) in [6.07, 6.45) is 8.16. The Hall–Kier alpha value is -2.71. The Morgan fingerprint density at radius 3 is 2.59 bits per heavy atom. The van der Waals surface area contributed by atoms with E-state index in [4.69, 9.17) is 0 Å². The highest BCUT2D eigenvalue weighted by Crippen LogP contribution is 2.20. The number of carbonyl (C=O) groups excluding carboxylic acids is 1. The second kappa shape index (κ2) is 9.03. The summed E-state index contributed by atoms with van der Waals surface area (Å²) in [5.74, 6) is -0.108. The summed E-state index contributed by atoms with van der Waals surface area (Å²) in [5.41, 5.74) is 2.46. The number of hydrogen-bond acceptors (Lipinski definition) is 5. The van der Waals surface area contributed by atoms with E-state index in [0.717, 1.165) is 31.2 Å². The number of carbonyl (C=O) groups is 1. The second-order valence-electron chi connectivity index (χ2n) is 9.12.